The first-order valence-electron chi connectivity index (χ1n) is 7.18. The van der Waals surface area contributed by atoms with Crippen molar-refractivity contribution in [3.8, 4) is 0 Å². The molecule has 0 saturated heterocycles. The minimum Gasteiger partial charge on any atom is -0.384 e. The molecular formula is C16H25NO. The molecule has 0 radical (unpaired) electrons. The van der Waals surface area contributed by atoms with E-state index in [9.17, 15) is 5.11 Å². The molecular weight excluding hydrogens is 222 g/mol. The molecule has 1 unspecified atom stereocenters. The summed E-state index contributed by atoms with van der Waals surface area (Å²) in [6, 6.07) is 9.94. The van der Waals surface area contributed by atoms with Crippen LogP contribution in [-0.4, -0.2) is 11.7 Å². The van der Waals surface area contributed by atoms with Gasteiger partial charge in [0.25, 0.3) is 0 Å². The molecule has 3 N–H and O–H groups in total. The predicted molar refractivity (Wildman–Crippen MR) is 75.1 cm³/mol. The average Bonchev–Trinajstić information content (AvgIpc) is 2.47. The quantitative estimate of drug-likeness (QED) is 0.859. The number of rotatable bonds is 4. The predicted octanol–water partition coefficient (Wildman–Crippen LogP) is 3.05. The Morgan fingerprint density at radius 1 is 1.17 bits per heavy atom. The lowest BCUT2D eigenvalue weighted by Crippen LogP contribution is -2.43. The van der Waals surface area contributed by atoms with Gasteiger partial charge in [-0.05, 0) is 30.2 Å². The summed E-state index contributed by atoms with van der Waals surface area (Å²) in [7, 11) is 0. The van der Waals surface area contributed by atoms with Crippen LogP contribution in [0.25, 0.3) is 0 Å². The van der Waals surface area contributed by atoms with Crippen molar-refractivity contribution in [3.63, 3.8) is 0 Å². The molecule has 0 aromatic heterocycles. The molecule has 1 aliphatic carbocycles. The van der Waals surface area contributed by atoms with E-state index in [0.29, 0.717) is 12.5 Å². The first-order valence-corrected chi connectivity index (χ1v) is 7.18. The van der Waals surface area contributed by atoms with Gasteiger partial charge in [0.05, 0.1) is 0 Å². The van der Waals surface area contributed by atoms with E-state index in [1.807, 2.05) is 30.3 Å². The Kier molecular flexibility index (Phi) is 4.41. The van der Waals surface area contributed by atoms with Gasteiger partial charge in [0, 0.05) is 6.54 Å². The lowest BCUT2D eigenvalue weighted by molar-refractivity contribution is -0.0362. The highest BCUT2D eigenvalue weighted by Crippen LogP contribution is 2.41. The standard InChI is InChI=1S/C16H25NO/c1-2-13-8-10-15(11-9-13)16(18,12-17)14-6-4-3-5-7-14/h3-7,13,15,18H,2,8-12,17H2,1H3. The zero-order valence-electron chi connectivity index (χ0n) is 11.3. The maximum absolute atomic E-state index is 11.0. The molecule has 0 amide bonds. The first kappa shape index (κ1) is 13.6. The fourth-order valence-electron chi connectivity index (χ4n) is 3.30. The van der Waals surface area contributed by atoms with Crippen LogP contribution in [-0.2, 0) is 5.60 Å². The molecule has 2 heteroatoms. The highest BCUT2D eigenvalue weighted by molar-refractivity contribution is 5.24. The molecule has 18 heavy (non-hydrogen) atoms. The summed E-state index contributed by atoms with van der Waals surface area (Å²) in [5.74, 6) is 1.16. The van der Waals surface area contributed by atoms with E-state index in [1.165, 1.54) is 19.3 Å². The van der Waals surface area contributed by atoms with E-state index >= 15 is 0 Å². The van der Waals surface area contributed by atoms with E-state index in [1.54, 1.807) is 0 Å². The van der Waals surface area contributed by atoms with Crippen molar-refractivity contribution in [2.45, 2.75) is 44.6 Å². The molecule has 0 spiro atoms. The second-order valence-electron chi connectivity index (χ2n) is 5.62. The van der Waals surface area contributed by atoms with E-state index in [2.05, 4.69) is 6.92 Å². The fraction of sp³-hybridized carbons (Fsp3) is 0.625. The molecule has 1 aromatic rings. The largest absolute Gasteiger partial charge is 0.384 e. The summed E-state index contributed by atoms with van der Waals surface area (Å²) in [5, 5.41) is 11.0. The number of aliphatic hydroxyl groups is 1. The van der Waals surface area contributed by atoms with Gasteiger partial charge in [-0.25, -0.2) is 0 Å². The van der Waals surface area contributed by atoms with Crippen LogP contribution in [0.4, 0.5) is 0 Å². The molecule has 0 heterocycles. The lowest BCUT2D eigenvalue weighted by atomic mass is 9.70. The van der Waals surface area contributed by atoms with E-state index in [0.717, 1.165) is 24.3 Å². The van der Waals surface area contributed by atoms with Gasteiger partial charge in [0.1, 0.15) is 5.60 Å². The Hall–Kier alpha value is -0.860. The maximum Gasteiger partial charge on any atom is 0.105 e. The van der Waals surface area contributed by atoms with Crippen LogP contribution in [0.1, 0.15) is 44.6 Å². The van der Waals surface area contributed by atoms with Crippen LogP contribution < -0.4 is 5.73 Å². The van der Waals surface area contributed by atoms with Crippen molar-refractivity contribution in [1.29, 1.82) is 0 Å². The molecule has 1 aliphatic rings. The van der Waals surface area contributed by atoms with Gasteiger partial charge in [0.2, 0.25) is 0 Å². The molecule has 0 bridgehead atoms. The van der Waals surface area contributed by atoms with Crippen LogP contribution in [0.3, 0.4) is 0 Å². The van der Waals surface area contributed by atoms with Crippen LogP contribution in [0.2, 0.25) is 0 Å². The summed E-state index contributed by atoms with van der Waals surface area (Å²) < 4.78 is 0. The third kappa shape index (κ3) is 2.60. The first-order chi connectivity index (χ1) is 8.70. The van der Waals surface area contributed by atoms with Gasteiger partial charge < -0.3 is 10.8 Å². The molecule has 2 nitrogen and oxygen atoms in total. The second kappa shape index (κ2) is 5.85. The van der Waals surface area contributed by atoms with Gasteiger partial charge in [-0.2, -0.15) is 0 Å². The van der Waals surface area contributed by atoms with Gasteiger partial charge >= 0.3 is 0 Å². The minimum absolute atomic E-state index is 0.313. The third-order valence-electron chi connectivity index (χ3n) is 4.68. The van der Waals surface area contributed by atoms with Gasteiger partial charge in [-0.1, -0.05) is 56.5 Å². The van der Waals surface area contributed by atoms with Crippen molar-refractivity contribution in [2.75, 3.05) is 6.54 Å². The maximum atomic E-state index is 11.0. The zero-order valence-corrected chi connectivity index (χ0v) is 11.3. The third-order valence-corrected chi connectivity index (χ3v) is 4.68. The van der Waals surface area contributed by atoms with Crippen molar-refractivity contribution >= 4 is 0 Å². The topological polar surface area (TPSA) is 46.2 Å². The van der Waals surface area contributed by atoms with Crippen LogP contribution in [0.5, 0.6) is 0 Å². The van der Waals surface area contributed by atoms with Gasteiger partial charge in [0.15, 0.2) is 0 Å². The Morgan fingerprint density at radius 3 is 2.28 bits per heavy atom. The molecule has 100 valence electrons. The number of hydrogen-bond donors (Lipinski definition) is 2. The van der Waals surface area contributed by atoms with E-state index in [-0.39, 0.29) is 0 Å². The molecule has 1 fully saturated rings. The number of hydrogen-bond acceptors (Lipinski definition) is 2. The highest BCUT2D eigenvalue weighted by atomic mass is 16.3. The van der Waals surface area contributed by atoms with Crippen LogP contribution >= 0.6 is 0 Å². The summed E-state index contributed by atoms with van der Waals surface area (Å²) in [4.78, 5) is 0. The van der Waals surface area contributed by atoms with Crippen LogP contribution in [0.15, 0.2) is 30.3 Å². The average molecular weight is 247 g/mol. The normalized spacial score (nSPS) is 27.7. The summed E-state index contributed by atoms with van der Waals surface area (Å²) in [6.45, 7) is 2.58. The van der Waals surface area contributed by atoms with E-state index in [4.69, 9.17) is 5.73 Å². The summed E-state index contributed by atoms with van der Waals surface area (Å²) in [6.07, 6.45) is 5.92. The summed E-state index contributed by atoms with van der Waals surface area (Å²) in [5.41, 5.74) is 6.03. The number of nitrogens with two attached hydrogens (primary N) is 1. The number of benzene rings is 1. The second-order valence-corrected chi connectivity index (χ2v) is 5.62. The monoisotopic (exact) mass is 247 g/mol. The molecule has 1 atom stereocenters. The van der Waals surface area contributed by atoms with Gasteiger partial charge in [-0.15, -0.1) is 0 Å². The van der Waals surface area contributed by atoms with E-state index < -0.39 is 5.60 Å². The fourth-order valence-corrected chi connectivity index (χ4v) is 3.30. The molecule has 0 aliphatic heterocycles. The SMILES string of the molecule is CCC1CCC(C(O)(CN)c2ccccc2)CC1. The smallest absolute Gasteiger partial charge is 0.105 e. The molecule has 1 saturated carbocycles. The minimum atomic E-state index is -0.833. The van der Waals surface area contributed by atoms with Gasteiger partial charge in [-0.3, -0.25) is 0 Å². The van der Waals surface area contributed by atoms with Crippen LogP contribution in [0, 0.1) is 11.8 Å². The Balaban J connectivity index is 2.13. The summed E-state index contributed by atoms with van der Waals surface area (Å²) >= 11 is 0. The van der Waals surface area contributed by atoms with Crippen molar-refractivity contribution in [1.82, 2.24) is 0 Å². The highest BCUT2D eigenvalue weighted by Gasteiger charge is 2.38. The Morgan fingerprint density at radius 2 is 1.78 bits per heavy atom. The molecule has 2 rings (SSSR count). The lowest BCUT2D eigenvalue weighted by Gasteiger charge is -2.40. The van der Waals surface area contributed by atoms with Crippen molar-refractivity contribution < 1.29 is 5.11 Å². The molecule has 1 aromatic carbocycles. The van der Waals surface area contributed by atoms with Crippen molar-refractivity contribution in [2.24, 2.45) is 17.6 Å². The Labute approximate surface area is 110 Å². The Bertz CT molecular complexity index is 357. The van der Waals surface area contributed by atoms with Crippen molar-refractivity contribution in [3.05, 3.63) is 35.9 Å². The zero-order chi connectivity index (χ0) is 13.0.